The largest absolute Gasteiger partial charge is 0.472 e. The third kappa shape index (κ3) is 4.23. The first-order valence-electron chi connectivity index (χ1n) is 18.8. The quantitative estimate of drug-likeness (QED) is 0.260. The number of esters is 6. The number of rotatable bonds is 9. The van der Waals surface area contributed by atoms with Crippen molar-refractivity contribution >= 4 is 35.8 Å². The van der Waals surface area contributed by atoms with E-state index in [4.69, 9.17) is 47.0 Å². The zero-order valence-electron chi connectivity index (χ0n) is 32.5. The lowest BCUT2D eigenvalue weighted by Crippen LogP contribution is -2.95. The van der Waals surface area contributed by atoms with Crippen molar-refractivity contribution < 1.29 is 75.8 Å². The molecule has 4 saturated carbocycles. The van der Waals surface area contributed by atoms with Crippen LogP contribution in [0.25, 0.3) is 0 Å². The van der Waals surface area contributed by atoms with Crippen LogP contribution in [0.2, 0.25) is 0 Å². The van der Waals surface area contributed by atoms with Crippen molar-refractivity contribution in [3.8, 4) is 0 Å². The van der Waals surface area contributed by atoms with Crippen LogP contribution in [0, 0.1) is 34.0 Å². The highest BCUT2D eigenvalue weighted by Crippen LogP contribution is 2.90. The number of carbonyl (C=O) groups excluding carboxylic acids is 6. The van der Waals surface area contributed by atoms with Crippen LogP contribution in [0.3, 0.4) is 0 Å². The molecule has 16 nitrogen and oxygen atoms in total. The molecule has 13 atom stereocenters. The lowest BCUT2D eigenvalue weighted by molar-refractivity contribution is -0.485. The molecule has 7 fully saturated rings. The molecule has 0 radical (unpaired) electrons. The fourth-order valence-electron chi connectivity index (χ4n) is 13.1. The molecule has 1 unspecified atom stereocenters. The first-order valence-corrected chi connectivity index (χ1v) is 18.8. The van der Waals surface area contributed by atoms with E-state index in [1.54, 1.807) is 26.8 Å². The van der Waals surface area contributed by atoms with Gasteiger partial charge in [-0.25, -0.2) is 0 Å². The molecule has 0 N–H and O–H groups in total. The maximum atomic E-state index is 14.3. The minimum atomic E-state index is -2.17. The average molecular weight is 773 g/mol. The maximum absolute atomic E-state index is 14.3. The first-order chi connectivity index (χ1) is 25.7. The molecule has 3 spiro atoms. The van der Waals surface area contributed by atoms with Gasteiger partial charge in [0.05, 0.1) is 37.4 Å². The van der Waals surface area contributed by atoms with Crippen molar-refractivity contribution in [2.24, 2.45) is 34.0 Å². The summed E-state index contributed by atoms with van der Waals surface area (Å²) in [5.74, 6) is -8.63. The molecule has 0 aromatic carbocycles. The van der Waals surface area contributed by atoms with E-state index in [2.05, 4.69) is 0 Å². The SMILES string of the molecule is COC(=O)C[C@@H]1[C@](C)([C@@H](OC(C)=O)c2ccoc2)CC[C@@]23OC4(C)O[C@@]12[C@H](OC(=O)C(C)C)[C@@]1(OC(C)=O)[C@@H](OC(C)=O)[C@@]2(C)C[C@@]1(O4)[C@]31COC(=O)C[C@@H]21. The van der Waals surface area contributed by atoms with Crippen LogP contribution in [-0.4, -0.2) is 90.1 Å². The molecule has 4 aliphatic carbocycles. The van der Waals surface area contributed by atoms with Crippen LogP contribution >= 0.6 is 0 Å². The number of fused-ring (bicyclic) bond motifs is 3. The summed E-state index contributed by atoms with van der Waals surface area (Å²) in [6.45, 7) is 11.9. The van der Waals surface area contributed by atoms with Crippen LogP contribution in [0.15, 0.2) is 23.0 Å². The van der Waals surface area contributed by atoms with E-state index >= 15 is 0 Å². The number of cyclic esters (lactones) is 1. The Hall–Kier alpha value is -4.02. The highest BCUT2D eigenvalue weighted by Gasteiger charge is 3.06. The summed E-state index contributed by atoms with van der Waals surface area (Å²) >= 11 is 0. The fraction of sp³-hybridized carbons (Fsp3) is 0.744. The molecule has 1 aromatic heterocycles. The van der Waals surface area contributed by atoms with Gasteiger partial charge in [0.2, 0.25) is 5.60 Å². The number of hydrogen-bond donors (Lipinski definition) is 0. The van der Waals surface area contributed by atoms with E-state index < -0.39 is 123 Å². The lowest BCUT2D eigenvalue weighted by Gasteiger charge is -2.77. The van der Waals surface area contributed by atoms with Crippen LogP contribution in [0.1, 0.15) is 99.2 Å². The van der Waals surface area contributed by atoms with E-state index in [-0.39, 0.29) is 32.3 Å². The summed E-state index contributed by atoms with van der Waals surface area (Å²) in [4.78, 5) is 81.6. The minimum absolute atomic E-state index is 0.0619. The van der Waals surface area contributed by atoms with E-state index in [1.165, 1.54) is 40.4 Å². The van der Waals surface area contributed by atoms with Gasteiger partial charge in [0.1, 0.15) is 29.5 Å². The van der Waals surface area contributed by atoms with Crippen molar-refractivity contribution in [1.82, 2.24) is 0 Å². The van der Waals surface area contributed by atoms with Gasteiger partial charge in [-0.05, 0) is 31.2 Å². The number of ether oxygens (including phenoxy) is 9. The predicted molar refractivity (Wildman–Crippen MR) is 180 cm³/mol. The van der Waals surface area contributed by atoms with E-state index in [9.17, 15) is 28.8 Å². The van der Waals surface area contributed by atoms with Gasteiger partial charge < -0.3 is 47.0 Å². The number of furan rings is 1. The number of carbonyl (C=O) groups is 6. The van der Waals surface area contributed by atoms with Crippen LogP contribution in [0.4, 0.5) is 0 Å². The van der Waals surface area contributed by atoms with Crippen LogP contribution in [-0.2, 0) is 71.4 Å². The van der Waals surface area contributed by atoms with E-state index in [0.29, 0.717) is 5.56 Å². The van der Waals surface area contributed by atoms with Crippen molar-refractivity contribution in [1.29, 1.82) is 0 Å². The average Bonchev–Trinajstić information content (AvgIpc) is 3.80. The van der Waals surface area contributed by atoms with Gasteiger partial charge >= 0.3 is 35.8 Å². The molecule has 16 heteroatoms. The van der Waals surface area contributed by atoms with Gasteiger partial charge in [-0.1, -0.05) is 27.7 Å². The monoisotopic (exact) mass is 772 g/mol. The molecular formula is C39H48O16. The van der Waals surface area contributed by atoms with Gasteiger partial charge in [-0.3, -0.25) is 28.8 Å². The Kier molecular flexibility index (Phi) is 7.94. The minimum Gasteiger partial charge on any atom is -0.472 e. The summed E-state index contributed by atoms with van der Waals surface area (Å²) in [5.41, 5.74) is -10.9. The van der Waals surface area contributed by atoms with Gasteiger partial charge in [0.15, 0.2) is 12.2 Å². The van der Waals surface area contributed by atoms with Crippen molar-refractivity contribution in [2.75, 3.05) is 13.7 Å². The van der Waals surface area contributed by atoms with E-state index in [1.807, 2.05) is 13.8 Å². The summed E-state index contributed by atoms with van der Waals surface area (Å²) in [5, 5.41) is 0. The smallest absolute Gasteiger partial charge is 0.308 e. The second kappa shape index (κ2) is 11.5. The second-order valence-corrected chi connectivity index (χ2v) is 17.4. The van der Waals surface area contributed by atoms with Gasteiger partial charge in [-0.2, -0.15) is 0 Å². The molecule has 4 heterocycles. The Morgan fingerprint density at radius 2 is 1.62 bits per heavy atom. The second-order valence-electron chi connectivity index (χ2n) is 17.4. The predicted octanol–water partition coefficient (Wildman–Crippen LogP) is 3.62. The number of hydrogen-bond acceptors (Lipinski definition) is 16. The third-order valence-electron chi connectivity index (χ3n) is 14.4. The molecular weight excluding hydrogens is 724 g/mol. The van der Waals surface area contributed by atoms with Crippen molar-refractivity contribution in [2.45, 2.75) is 134 Å². The van der Waals surface area contributed by atoms with Gasteiger partial charge in [0, 0.05) is 56.4 Å². The normalized spacial score (nSPS) is 45.9. The summed E-state index contributed by atoms with van der Waals surface area (Å²) in [7, 11) is 1.23. The Labute approximate surface area is 317 Å². The Morgan fingerprint density at radius 1 is 0.909 bits per heavy atom. The lowest BCUT2D eigenvalue weighted by atomic mass is 9.33. The molecule has 1 aromatic rings. The number of methoxy groups -OCH3 is 1. The first kappa shape index (κ1) is 37.9. The molecule has 0 amide bonds. The van der Waals surface area contributed by atoms with Gasteiger partial charge in [-0.15, -0.1) is 0 Å². The molecule has 7 aliphatic rings. The Morgan fingerprint density at radius 3 is 2.22 bits per heavy atom. The Balaban J connectivity index is 1.53. The van der Waals surface area contributed by atoms with Crippen molar-refractivity contribution in [3.63, 3.8) is 0 Å². The molecule has 55 heavy (non-hydrogen) atoms. The topological polar surface area (TPSA) is 199 Å². The molecule has 8 rings (SSSR count). The zero-order chi connectivity index (χ0) is 39.9. The van der Waals surface area contributed by atoms with Gasteiger partial charge in [0.25, 0.3) is 5.97 Å². The highest BCUT2D eigenvalue weighted by atomic mass is 16.9. The standard InChI is InChI=1S/C39H48O16/c1-19(2)29(45)51-31-38-25(15-26(43)46-9)32(6,28(49-20(3)40)23-10-13-47-16-23)11-12-36(38)35-18-48-27(44)14-24(35)33(7)17-37(35,54-34(8,53-36)55-38)39(31,52-22(5)42)30(33)50-21(4)41/h10,13,16,19,24-25,28,30-31H,11-12,14-15,17-18H2,1-9H3/t24-,25+,28-,30-,31-,32+,33-,34?,35-,36-,37+,38+,39-/m0/s1. The molecule has 3 saturated heterocycles. The van der Waals surface area contributed by atoms with E-state index in [0.717, 1.165) is 0 Å². The maximum Gasteiger partial charge on any atom is 0.308 e. The summed E-state index contributed by atoms with van der Waals surface area (Å²) in [6, 6.07) is 1.65. The van der Waals surface area contributed by atoms with Crippen molar-refractivity contribution in [3.05, 3.63) is 24.2 Å². The van der Waals surface area contributed by atoms with Crippen LogP contribution in [0.5, 0.6) is 0 Å². The molecule has 300 valence electrons. The summed E-state index contributed by atoms with van der Waals surface area (Å²) in [6.07, 6.45) is -1.46. The molecule has 4 bridgehead atoms. The fourth-order valence-corrected chi connectivity index (χ4v) is 13.1. The Bertz CT molecular complexity index is 1870. The zero-order valence-corrected chi connectivity index (χ0v) is 32.5. The molecule has 3 aliphatic heterocycles. The summed E-state index contributed by atoms with van der Waals surface area (Å²) < 4.78 is 64.3. The third-order valence-corrected chi connectivity index (χ3v) is 14.4. The van der Waals surface area contributed by atoms with Crippen LogP contribution < -0.4 is 0 Å². The highest BCUT2D eigenvalue weighted by molar-refractivity contribution is 5.76.